The molecule has 0 fully saturated rings. The van der Waals surface area contributed by atoms with Gasteiger partial charge in [-0.2, -0.15) is 0 Å². The summed E-state index contributed by atoms with van der Waals surface area (Å²) < 4.78 is 5.11. The van der Waals surface area contributed by atoms with Gasteiger partial charge in [0.05, 0.1) is 19.3 Å². The molecule has 0 aliphatic carbocycles. The molecular formula is C14H17N3O. The molecule has 0 bridgehead atoms. The van der Waals surface area contributed by atoms with Crippen LogP contribution in [0, 0.1) is 0 Å². The molecule has 1 aromatic carbocycles. The summed E-state index contributed by atoms with van der Waals surface area (Å²) in [5, 5.41) is 0. The lowest BCUT2D eigenvalue weighted by Crippen LogP contribution is -2.17. The molecule has 2 rings (SSSR count). The van der Waals surface area contributed by atoms with E-state index in [1.165, 1.54) is 0 Å². The molecule has 0 unspecified atom stereocenters. The number of hydrogen-bond donors (Lipinski definition) is 1. The van der Waals surface area contributed by atoms with Crippen LogP contribution < -0.4 is 15.4 Å². The first kappa shape index (κ1) is 12.2. The smallest absolute Gasteiger partial charge is 0.213 e. The van der Waals surface area contributed by atoms with Gasteiger partial charge in [0.1, 0.15) is 0 Å². The highest BCUT2D eigenvalue weighted by Crippen LogP contribution is 2.17. The summed E-state index contributed by atoms with van der Waals surface area (Å²) in [6.07, 6.45) is 0. The molecule has 0 spiro atoms. The molecule has 1 heterocycles. The number of benzene rings is 1. The maximum atomic E-state index is 5.67. The zero-order valence-corrected chi connectivity index (χ0v) is 10.6. The molecule has 1 aromatic heterocycles. The number of ether oxygens (including phenoxy) is 1. The molecule has 0 aliphatic rings. The average Bonchev–Trinajstić information content (AvgIpc) is 2.39. The zero-order chi connectivity index (χ0) is 13.0. The van der Waals surface area contributed by atoms with E-state index in [0.717, 1.165) is 23.6 Å². The Hall–Kier alpha value is -2.23. The second kappa shape index (κ2) is 5.40. The van der Waals surface area contributed by atoms with Crippen molar-refractivity contribution in [3.8, 4) is 5.88 Å². The molecule has 0 radical (unpaired) electrons. The Kier molecular flexibility index (Phi) is 3.67. The number of nitrogens with two attached hydrogens (primary N) is 1. The van der Waals surface area contributed by atoms with Crippen LogP contribution in [0.1, 0.15) is 5.69 Å². The largest absolute Gasteiger partial charge is 0.481 e. The number of aromatic nitrogens is 1. The van der Waals surface area contributed by atoms with E-state index in [0.29, 0.717) is 5.88 Å². The Bertz CT molecular complexity index is 511. The molecule has 0 atom stereocenters. The van der Waals surface area contributed by atoms with Crippen LogP contribution in [-0.4, -0.2) is 19.1 Å². The SMILES string of the molecule is COc1cccc(CN(C)c2ccc(N)cc2)n1. The fourth-order valence-electron chi connectivity index (χ4n) is 1.72. The van der Waals surface area contributed by atoms with Crippen molar-refractivity contribution >= 4 is 11.4 Å². The van der Waals surface area contributed by atoms with Crippen molar-refractivity contribution in [2.24, 2.45) is 0 Å². The molecule has 0 saturated heterocycles. The lowest BCUT2D eigenvalue weighted by Gasteiger charge is -2.19. The van der Waals surface area contributed by atoms with Gasteiger partial charge < -0.3 is 15.4 Å². The highest BCUT2D eigenvalue weighted by Gasteiger charge is 2.04. The van der Waals surface area contributed by atoms with Crippen LogP contribution >= 0.6 is 0 Å². The summed E-state index contributed by atoms with van der Waals surface area (Å²) in [5.74, 6) is 0.637. The van der Waals surface area contributed by atoms with E-state index in [1.54, 1.807) is 7.11 Å². The molecule has 0 amide bonds. The quantitative estimate of drug-likeness (QED) is 0.837. The van der Waals surface area contributed by atoms with Gasteiger partial charge in [0.15, 0.2) is 0 Å². The molecule has 94 valence electrons. The number of anilines is 2. The first-order valence-electron chi connectivity index (χ1n) is 5.75. The Labute approximate surface area is 107 Å². The van der Waals surface area contributed by atoms with Crippen molar-refractivity contribution in [2.45, 2.75) is 6.54 Å². The lowest BCUT2D eigenvalue weighted by atomic mass is 10.2. The van der Waals surface area contributed by atoms with Crippen LogP contribution in [0.4, 0.5) is 11.4 Å². The lowest BCUT2D eigenvalue weighted by molar-refractivity contribution is 0.396. The van der Waals surface area contributed by atoms with E-state index in [-0.39, 0.29) is 0 Å². The Morgan fingerprint density at radius 3 is 2.56 bits per heavy atom. The minimum atomic E-state index is 0.637. The van der Waals surface area contributed by atoms with Gasteiger partial charge in [-0.25, -0.2) is 4.98 Å². The van der Waals surface area contributed by atoms with Crippen LogP contribution in [-0.2, 0) is 6.54 Å². The van der Waals surface area contributed by atoms with E-state index < -0.39 is 0 Å². The molecule has 18 heavy (non-hydrogen) atoms. The van der Waals surface area contributed by atoms with Crippen LogP contribution in [0.2, 0.25) is 0 Å². The van der Waals surface area contributed by atoms with Crippen molar-refractivity contribution in [2.75, 3.05) is 24.8 Å². The van der Waals surface area contributed by atoms with Crippen molar-refractivity contribution in [3.05, 3.63) is 48.2 Å². The molecule has 0 aliphatic heterocycles. The van der Waals surface area contributed by atoms with Gasteiger partial charge in [0, 0.05) is 24.5 Å². The van der Waals surface area contributed by atoms with Gasteiger partial charge in [0.25, 0.3) is 0 Å². The second-order valence-corrected chi connectivity index (χ2v) is 4.12. The zero-order valence-electron chi connectivity index (χ0n) is 10.6. The number of hydrogen-bond acceptors (Lipinski definition) is 4. The number of nitrogens with zero attached hydrogens (tertiary/aromatic N) is 2. The molecular weight excluding hydrogens is 226 g/mol. The van der Waals surface area contributed by atoms with E-state index >= 15 is 0 Å². The second-order valence-electron chi connectivity index (χ2n) is 4.12. The number of nitrogen functional groups attached to an aromatic ring is 1. The van der Waals surface area contributed by atoms with E-state index in [1.807, 2.05) is 49.5 Å². The summed E-state index contributed by atoms with van der Waals surface area (Å²) in [6, 6.07) is 13.5. The summed E-state index contributed by atoms with van der Waals surface area (Å²) in [4.78, 5) is 6.50. The summed E-state index contributed by atoms with van der Waals surface area (Å²) in [7, 11) is 3.64. The van der Waals surface area contributed by atoms with Gasteiger partial charge in [-0.05, 0) is 30.3 Å². The molecule has 2 N–H and O–H groups in total. The van der Waals surface area contributed by atoms with Gasteiger partial charge in [-0.15, -0.1) is 0 Å². The normalized spacial score (nSPS) is 10.1. The van der Waals surface area contributed by atoms with Gasteiger partial charge in [0.2, 0.25) is 5.88 Å². The van der Waals surface area contributed by atoms with Crippen molar-refractivity contribution in [1.29, 1.82) is 0 Å². The third-order valence-electron chi connectivity index (χ3n) is 2.72. The maximum Gasteiger partial charge on any atom is 0.213 e. The fourth-order valence-corrected chi connectivity index (χ4v) is 1.72. The standard InChI is InChI=1S/C14H17N3O/c1-17(13-8-6-11(15)7-9-13)10-12-4-3-5-14(16-12)18-2/h3-9H,10,15H2,1-2H3. The van der Waals surface area contributed by atoms with E-state index in [2.05, 4.69) is 9.88 Å². The number of pyridine rings is 1. The highest BCUT2D eigenvalue weighted by atomic mass is 16.5. The fraction of sp³-hybridized carbons (Fsp3) is 0.214. The van der Waals surface area contributed by atoms with Crippen LogP contribution in [0.25, 0.3) is 0 Å². The number of methoxy groups -OCH3 is 1. The third kappa shape index (κ3) is 2.91. The minimum absolute atomic E-state index is 0.637. The Morgan fingerprint density at radius 1 is 1.17 bits per heavy atom. The van der Waals surface area contributed by atoms with Crippen LogP contribution in [0.15, 0.2) is 42.5 Å². The summed E-state index contributed by atoms with van der Waals surface area (Å²) in [6.45, 7) is 0.723. The summed E-state index contributed by atoms with van der Waals surface area (Å²) in [5.41, 5.74) is 8.51. The van der Waals surface area contributed by atoms with Gasteiger partial charge >= 0.3 is 0 Å². The minimum Gasteiger partial charge on any atom is -0.481 e. The molecule has 4 nitrogen and oxygen atoms in total. The van der Waals surface area contributed by atoms with Crippen molar-refractivity contribution < 1.29 is 4.74 Å². The Balaban J connectivity index is 2.10. The van der Waals surface area contributed by atoms with Crippen molar-refractivity contribution in [1.82, 2.24) is 4.98 Å². The Morgan fingerprint density at radius 2 is 1.89 bits per heavy atom. The molecule has 4 heteroatoms. The van der Waals surface area contributed by atoms with E-state index in [9.17, 15) is 0 Å². The molecule has 2 aromatic rings. The first-order valence-corrected chi connectivity index (χ1v) is 5.75. The summed E-state index contributed by atoms with van der Waals surface area (Å²) >= 11 is 0. The third-order valence-corrected chi connectivity index (χ3v) is 2.72. The monoisotopic (exact) mass is 243 g/mol. The van der Waals surface area contributed by atoms with Crippen molar-refractivity contribution in [3.63, 3.8) is 0 Å². The highest BCUT2D eigenvalue weighted by molar-refractivity contribution is 5.52. The van der Waals surface area contributed by atoms with Crippen LogP contribution in [0.5, 0.6) is 5.88 Å². The van der Waals surface area contributed by atoms with Crippen LogP contribution in [0.3, 0.4) is 0 Å². The van der Waals surface area contributed by atoms with Gasteiger partial charge in [-0.3, -0.25) is 0 Å². The number of rotatable bonds is 4. The maximum absolute atomic E-state index is 5.67. The van der Waals surface area contributed by atoms with Gasteiger partial charge in [-0.1, -0.05) is 6.07 Å². The molecule has 0 saturated carbocycles. The predicted octanol–water partition coefficient (Wildman–Crippen LogP) is 2.31. The predicted molar refractivity (Wildman–Crippen MR) is 73.8 cm³/mol. The average molecular weight is 243 g/mol. The van der Waals surface area contributed by atoms with E-state index in [4.69, 9.17) is 10.5 Å². The first-order chi connectivity index (χ1) is 8.69. The topological polar surface area (TPSA) is 51.4 Å².